The van der Waals surface area contributed by atoms with Gasteiger partial charge in [-0.1, -0.05) is 6.08 Å². The zero-order valence-corrected chi connectivity index (χ0v) is 10.6. The minimum atomic E-state index is -0.253. The molecule has 0 saturated heterocycles. The van der Waals surface area contributed by atoms with Gasteiger partial charge in [-0.3, -0.25) is 4.79 Å². The largest absolute Gasteiger partial charge is 0.367 e. The topological polar surface area (TPSA) is 77.0 Å². The van der Waals surface area contributed by atoms with Gasteiger partial charge < -0.3 is 10.6 Å². The van der Waals surface area contributed by atoms with E-state index < -0.39 is 0 Å². The fourth-order valence-electron chi connectivity index (χ4n) is 1.49. The molecule has 0 fully saturated rings. The molecule has 0 saturated carbocycles. The number of hydrogen-bond acceptors (Lipinski definition) is 4. The fourth-order valence-corrected chi connectivity index (χ4v) is 1.49. The minimum Gasteiger partial charge on any atom is -0.367 e. The van der Waals surface area contributed by atoms with Crippen LogP contribution in [0.25, 0.3) is 0 Å². The molecule has 0 aliphatic rings. The molecule has 0 aliphatic carbocycles. The highest BCUT2D eigenvalue weighted by molar-refractivity contribution is 5.76. The highest BCUT2D eigenvalue weighted by Crippen LogP contribution is 2.13. The third kappa shape index (κ3) is 3.58. The van der Waals surface area contributed by atoms with Crippen LogP contribution in [0.2, 0.25) is 0 Å². The molecule has 1 aromatic rings. The molecule has 0 bridgehead atoms. The van der Waals surface area contributed by atoms with Gasteiger partial charge in [0.1, 0.15) is 12.9 Å². The van der Waals surface area contributed by atoms with Gasteiger partial charge in [0.2, 0.25) is 11.9 Å². The minimum absolute atomic E-state index is 0.0395. The molecule has 0 spiro atoms. The van der Waals surface area contributed by atoms with Crippen molar-refractivity contribution in [2.75, 3.05) is 12.3 Å². The van der Waals surface area contributed by atoms with Gasteiger partial charge in [-0.25, -0.2) is 9.67 Å². The van der Waals surface area contributed by atoms with Gasteiger partial charge in [0, 0.05) is 12.1 Å². The van der Waals surface area contributed by atoms with E-state index in [0.717, 1.165) is 0 Å². The Labute approximate surface area is 101 Å². The first-order valence-electron chi connectivity index (χ1n) is 5.41. The Balaban J connectivity index is 2.75. The van der Waals surface area contributed by atoms with Crippen LogP contribution in [0.5, 0.6) is 0 Å². The average Bonchev–Trinajstić information content (AvgIpc) is 2.58. The number of carbonyl (C=O) groups is 1. The van der Waals surface area contributed by atoms with Crippen LogP contribution < -0.4 is 5.73 Å². The van der Waals surface area contributed by atoms with E-state index in [-0.39, 0.29) is 23.9 Å². The Morgan fingerprint density at radius 1 is 1.65 bits per heavy atom. The van der Waals surface area contributed by atoms with Crippen molar-refractivity contribution in [3.05, 3.63) is 19.0 Å². The second kappa shape index (κ2) is 4.99. The summed E-state index contributed by atoms with van der Waals surface area (Å²) in [6, 6.07) is 0. The van der Waals surface area contributed by atoms with Crippen molar-refractivity contribution < 1.29 is 4.79 Å². The summed E-state index contributed by atoms with van der Waals surface area (Å²) in [5.41, 5.74) is 5.14. The number of nitrogens with zero attached hydrogens (tertiary/aromatic N) is 4. The predicted octanol–water partition coefficient (Wildman–Crippen LogP) is 0.673. The first-order valence-corrected chi connectivity index (χ1v) is 5.41. The molecular weight excluding hydrogens is 218 g/mol. The summed E-state index contributed by atoms with van der Waals surface area (Å²) in [5.74, 6) is 0.131. The zero-order valence-electron chi connectivity index (χ0n) is 10.6. The first-order chi connectivity index (χ1) is 7.84. The predicted molar refractivity (Wildman–Crippen MR) is 66.1 cm³/mol. The number of carbonyl (C=O) groups excluding carboxylic acids is 1. The molecule has 1 aromatic heterocycles. The monoisotopic (exact) mass is 237 g/mol. The van der Waals surface area contributed by atoms with E-state index in [1.54, 1.807) is 11.0 Å². The number of nitrogens with two attached hydrogens (primary N) is 1. The van der Waals surface area contributed by atoms with Crippen molar-refractivity contribution in [1.29, 1.82) is 0 Å². The van der Waals surface area contributed by atoms with Crippen LogP contribution in [-0.4, -0.2) is 37.7 Å². The maximum Gasteiger partial charge on any atom is 0.245 e. The quantitative estimate of drug-likeness (QED) is 0.781. The molecule has 0 aromatic carbocycles. The molecule has 2 N–H and O–H groups in total. The molecule has 0 atom stereocenters. The Bertz CT molecular complexity index is 404. The van der Waals surface area contributed by atoms with Gasteiger partial charge in [0.05, 0.1) is 0 Å². The summed E-state index contributed by atoms with van der Waals surface area (Å²) in [7, 11) is 0. The number of nitrogen functional groups attached to an aromatic ring is 1. The molecule has 94 valence electrons. The molecule has 6 nitrogen and oxygen atoms in total. The lowest BCUT2D eigenvalue weighted by Gasteiger charge is -2.34. The van der Waals surface area contributed by atoms with Crippen LogP contribution in [0.4, 0.5) is 5.95 Å². The number of hydrogen-bond donors (Lipinski definition) is 1. The molecule has 1 rings (SSSR count). The normalized spacial score (nSPS) is 11.2. The lowest BCUT2D eigenvalue weighted by Crippen LogP contribution is -2.47. The number of rotatable bonds is 4. The lowest BCUT2D eigenvalue weighted by molar-refractivity contribution is -0.136. The summed E-state index contributed by atoms with van der Waals surface area (Å²) in [5, 5.41) is 3.89. The highest BCUT2D eigenvalue weighted by atomic mass is 16.2. The standard InChI is InChI=1S/C11H19N5O/c1-5-6-16(11(2,3)4)9(17)7-15-8-13-10(12)14-15/h5,8H,1,6-7H2,2-4H3,(H2,12,14). The summed E-state index contributed by atoms with van der Waals surface area (Å²) in [4.78, 5) is 17.6. The van der Waals surface area contributed by atoms with Crippen LogP contribution in [0.1, 0.15) is 20.8 Å². The smallest absolute Gasteiger partial charge is 0.245 e. The summed E-state index contributed by atoms with van der Waals surface area (Å²) < 4.78 is 1.43. The Morgan fingerprint density at radius 2 is 2.29 bits per heavy atom. The molecule has 1 heterocycles. The highest BCUT2D eigenvalue weighted by Gasteiger charge is 2.25. The second-order valence-electron chi connectivity index (χ2n) is 4.76. The maximum atomic E-state index is 12.1. The van der Waals surface area contributed by atoms with Crippen LogP contribution in [0.3, 0.4) is 0 Å². The average molecular weight is 237 g/mol. The Hall–Kier alpha value is -1.85. The van der Waals surface area contributed by atoms with Crippen molar-refractivity contribution in [2.24, 2.45) is 0 Å². The fraction of sp³-hybridized carbons (Fsp3) is 0.545. The summed E-state index contributed by atoms with van der Waals surface area (Å²) in [6.45, 7) is 10.2. The van der Waals surface area contributed by atoms with Gasteiger partial charge in [-0.05, 0) is 20.8 Å². The van der Waals surface area contributed by atoms with Crippen LogP contribution in [0, 0.1) is 0 Å². The third-order valence-electron chi connectivity index (χ3n) is 2.27. The SMILES string of the molecule is C=CCN(C(=O)Cn1cnc(N)n1)C(C)(C)C. The Kier molecular flexibility index (Phi) is 3.88. The van der Waals surface area contributed by atoms with E-state index in [9.17, 15) is 4.79 Å². The van der Waals surface area contributed by atoms with Crippen LogP contribution >= 0.6 is 0 Å². The van der Waals surface area contributed by atoms with Crippen molar-refractivity contribution >= 4 is 11.9 Å². The van der Waals surface area contributed by atoms with Gasteiger partial charge in [0.25, 0.3) is 0 Å². The van der Waals surface area contributed by atoms with Crippen molar-refractivity contribution in [3.63, 3.8) is 0 Å². The zero-order chi connectivity index (χ0) is 13.1. The molecule has 17 heavy (non-hydrogen) atoms. The Morgan fingerprint density at radius 3 is 2.71 bits per heavy atom. The van der Waals surface area contributed by atoms with Gasteiger partial charge in [-0.15, -0.1) is 11.7 Å². The second-order valence-corrected chi connectivity index (χ2v) is 4.76. The number of anilines is 1. The molecular formula is C11H19N5O. The van der Waals surface area contributed by atoms with E-state index in [2.05, 4.69) is 16.7 Å². The summed E-state index contributed by atoms with van der Waals surface area (Å²) in [6.07, 6.45) is 3.15. The molecule has 1 amide bonds. The number of aromatic nitrogens is 3. The van der Waals surface area contributed by atoms with Crippen molar-refractivity contribution in [2.45, 2.75) is 32.9 Å². The van der Waals surface area contributed by atoms with Gasteiger partial charge >= 0.3 is 0 Å². The van der Waals surface area contributed by atoms with E-state index in [4.69, 9.17) is 5.73 Å². The number of amides is 1. The van der Waals surface area contributed by atoms with E-state index in [0.29, 0.717) is 6.54 Å². The molecule has 0 aliphatic heterocycles. The van der Waals surface area contributed by atoms with Crippen molar-refractivity contribution in [1.82, 2.24) is 19.7 Å². The molecule has 0 unspecified atom stereocenters. The summed E-state index contributed by atoms with van der Waals surface area (Å²) >= 11 is 0. The van der Waals surface area contributed by atoms with E-state index in [1.165, 1.54) is 11.0 Å². The van der Waals surface area contributed by atoms with Crippen LogP contribution in [0.15, 0.2) is 19.0 Å². The first kappa shape index (κ1) is 13.2. The van der Waals surface area contributed by atoms with Crippen molar-refractivity contribution in [3.8, 4) is 0 Å². The molecule has 6 heteroatoms. The van der Waals surface area contributed by atoms with Crippen LogP contribution in [-0.2, 0) is 11.3 Å². The maximum absolute atomic E-state index is 12.1. The van der Waals surface area contributed by atoms with Gasteiger partial charge in [-0.2, -0.15) is 0 Å². The third-order valence-corrected chi connectivity index (χ3v) is 2.27. The van der Waals surface area contributed by atoms with Gasteiger partial charge in [0.15, 0.2) is 0 Å². The van der Waals surface area contributed by atoms with E-state index >= 15 is 0 Å². The molecule has 0 radical (unpaired) electrons. The van der Waals surface area contributed by atoms with E-state index in [1.807, 2.05) is 20.8 Å². The lowest BCUT2D eigenvalue weighted by atomic mass is 10.1.